The third kappa shape index (κ3) is 9.75. The van der Waals surface area contributed by atoms with Gasteiger partial charge in [-0.2, -0.15) is 0 Å². The third-order valence-electron chi connectivity index (χ3n) is 6.40. The molecule has 11 heteroatoms. The molecule has 0 aromatic heterocycles. The van der Waals surface area contributed by atoms with Crippen molar-refractivity contribution in [1.82, 2.24) is 16.2 Å². The van der Waals surface area contributed by atoms with Crippen LogP contribution in [0.2, 0.25) is 10.0 Å². The van der Waals surface area contributed by atoms with Crippen LogP contribution in [0, 0.1) is 0 Å². The Labute approximate surface area is 244 Å². The first kappa shape index (κ1) is 30.7. The van der Waals surface area contributed by atoms with E-state index in [1.54, 1.807) is 30.3 Å². The van der Waals surface area contributed by atoms with Crippen LogP contribution in [-0.2, 0) is 17.9 Å². The topological polar surface area (TPSA) is 144 Å². The lowest BCUT2D eigenvalue weighted by molar-refractivity contribution is -0.109. The predicted molar refractivity (Wildman–Crippen MR) is 159 cm³/mol. The molecule has 1 fully saturated rings. The number of hydrogen-bond acceptors (Lipinski definition) is 6. The number of guanidine groups is 1. The summed E-state index contributed by atoms with van der Waals surface area (Å²) in [5.41, 5.74) is 11.2. The third-order valence-corrected chi connectivity index (χ3v) is 7.20. The molecule has 7 N–H and O–H groups in total. The summed E-state index contributed by atoms with van der Waals surface area (Å²) in [6.07, 6.45) is 7.38. The van der Waals surface area contributed by atoms with Crippen LogP contribution in [0.5, 0.6) is 5.75 Å². The van der Waals surface area contributed by atoms with E-state index in [2.05, 4.69) is 40.0 Å². The van der Waals surface area contributed by atoms with Gasteiger partial charge in [-0.05, 0) is 59.7 Å². The maximum atomic E-state index is 11.6. The number of halogens is 2. The molecule has 212 valence electrons. The molecular formula is C29H34Cl2N6O3. The Morgan fingerprint density at radius 3 is 2.30 bits per heavy atom. The fourth-order valence-corrected chi connectivity index (χ4v) is 4.64. The molecule has 3 aromatic rings. The summed E-state index contributed by atoms with van der Waals surface area (Å²) in [7, 11) is 0. The van der Waals surface area contributed by atoms with Gasteiger partial charge < -0.3 is 15.8 Å². The van der Waals surface area contributed by atoms with Crippen LogP contribution in [0.15, 0.2) is 71.8 Å². The summed E-state index contributed by atoms with van der Waals surface area (Å²) in [5.74, 6) is 5.75. The largest absolute Gasteiger partial charge is 0.487 e. The van der Waals surface area contributed by atoms with Crippen molar-refractivity contribution in [3.8, 4) is 5.75 Å². The zero-order chi connectivity index (χ0) is 28.7. The number of hydrazine groups is 1. The quantitative estimate of drug-likeness (QED) is 0.0789. The van der Waals surface area contributed by atoms with Crippen molar-refractivity contribution in [3.05, 3.63) is 99.0 Å². The van der Waals surface area contributed by atoms with Gasteiger partial charge in [0.1, 0.15) is 17.4 Å². The highest BCUT2D eigenvalue weighted by atomic mass is 35.5. The van der Waals surface area contributed by atoms with Gasteiger partial charge >= 0.3 is 0 Å². The fourth-order valence-electron chi connectivity index (χ4n) is 4.30. The number of hydrazone groups is 1. The van der Waals surface area contributed by atoms with E-state index < -0.39 is 5.91 Å². The summed E-state index contributed by atoms with van der Waals surface area (Å²) in [6.45, 7) is 0.914. The molecule has 0 aliphatic heterocycles. The highest BCUT2D eigenvalue weighted by Crippen LogP contribution is 2.34. The first-order valence-electron chi connectivity index (χ1n) is 12.9. The number of rotatable bonds is 9. The van der Waals surface area contributed by atoms with E-state index in [4.69, 9.17) is 39.5 Å². The number of amides is 2. The lowest BCUT2D eigenvalue weighted by Crippen LogP contribution is -2.39. The highest BCUT2D eigenvalue weighted by Gasteiger charge is 2.15. The van der Waals surface area contributed by atoms with Crippen LogP contribution < -0.4 is 32.5 Å². The van der Waals surface area contributed by atoms with E-state index in [-0.39, 0.29) is 5.96 Å². The van der Waals surface area contributed by atoms with Gasteiger partial charge in [0.2, 0.25) is 12.4 Å². The lowest BCUT2D eigenvalue weighted by atomic mass is 9.84. The number of carbonyl (C=O) groups is 2. The SMILES string of the molecule is Clc1cccc(OCc2ccc(C3CCCCC3)cc2)c1Cl.NN/N=C(\N)NC(=O)c1ccc(CNC=O)cc1. The second-order valence-electron chi connectivity index (χ2n) is 9.19. The van der Waals surface area contributed by atoms with E-state index in [1.807, 2.05) is 17.7 Å². The highest BCUT2D eigenvalue weighted by molar-refractivity contribution is 6.42. The summed E-state index contributed by atoms with van der Waals surface area (Å²) in [4.78, 5) is 21.8. The van der Waals surface area contributed by atoms with Gasteiger partial charge in [-0.15, -0.1) is 5.10 Å². The van der Waals surface area contributed by atoms with Crippen molar-refractivity contribution in [2.75, 3.05) is 0 Å². The number of nitrogens with zero attached hydrogens (tertiary/aromatic N) is 1. The summed E-state index contributed by atoms with van der Waals surface area (Å²) >= 11 is 12.1. The Kier molecular flexibility index (Phi) is 12.6. The van der Waals surface area contributed by atoms with Gasteiger partial charge in [-0.25, -0.2) is 11.4 Å². The second kappa shape index (κ2) is 16.3. The average molecular weight is 586 g/mol. The van der Waals surface area contributed by atoms with Crippen molar-refractivity contribution in [3.63, 3.8) is 0 Å². The normalized spacial score (nSPS) is 13.4. The molecule has 3 aromatic carbocycles. The van der Waals surface area contributed by atoms with Gasteiger partial charge in [0, 0.05) is 12.1 Å². The van der Waals surface area contributed by atoms with E-state index in [9.17, 15) is 9.59 Å². The Morgan fingerprint density at radius 2 is 1.65 bits per heavy atom. The van der Waals surface area contributed by atoms with Gasteiger partial charge in [-0.3, -0.25) is 14.9 Å². The molecule has 0 heterocycles. The van der Waals surface area contributed by atoms with E-state index in [1.165, 1.54) is 37.7 Å². The Hall–Kier alpha value is -3.79. The minimum absolute atomic E-state index is 0.130. The minimum atomic E-state index is -0.401. The smallest absolute Gasteiger partial charge is 0.257 e. The first-order valence-corrected chi connectivity index (χ1v) is 13.7. The number of ether oxygens (including phenoxy) is 1. The van der Waals surface area contributed by atoms with E-state index in [0.717, 1.165) is 17.0 Å². The first-order chi connectivity index (χ1) is 19.4. The molecule has 2 amide bonds. The van der Waals surface area contributed by atoms with Crippen molar-refractivity contribution in [2.24, 2.45) is 16.7 Å². The van der Waals surface area contributed by atoms with Crippen LogP contribution >= 0.6 is 23.2 Å². The molecule has 40 heavy (non-hydrogen) atoms. The Balaban J connectivity index is 0.000000226. The van der Waals surface area contributed by atoms with Crippen LogP contribution in [0.4, 0.5) is 0 Å². The summed E-state index contributed by atoms with van der Waals surface area (Å²) < 4.78 is 5.77. The molecule has 1 aliphatic carbocycles. The molecule has 0 saturated heterocycles. The molecule has 4 rings (SSSR count). The molecular weight excluding hydrogens is 551 g/mol. The van der Waals surface area contributed by atoms with Gasteiger partial charge in [0.25, 0.3) is 5.91 Å². The van der Waals surface area contributed by atoms with Crippen LogP contribution in [-0.4, -0.2) is 18.3 Å². The van der Waals surface area contributed by atoms with E-state index >= 15 is 0 Å². The number of nitrogens with two attached hydrogens (primary N) is 2. The molecule has 0 unspecified atom stereocenters. The Morgan fingerprint density at radius 1 is 0.975 bits per heavy atom. The minimum Gasteiger partial charge on any atom is -0.487 e. The number of hydrogen-bond donors (Lipinski definition) is 5. The molecule has 0 atom stereocenters. The van der Waals surface area contributed by atoms with Crippen molar-refractivity contribution >= 4 is 41.5 Å². The zero-order valence-corrected chi connectivity index (χ0v) is 23.5. The maximum Gasteiger partial charge on any atom is 0.257 e. The molecule has 0 spiro atoms. The fraction of sp³-hybridized carbons (Fsp3) is 0.276. The number of nitrogens with one attached hydrogen (secondary N) is 3. The number of carbonyl (C=O) groups excluding carboxylic acids is 2. The second-order valence-corrected chi connectivity index (χ2v) is 9.98. The van der Waals surface area contributed by atoms with Gasteiger partial charge in [-0.1, -0.05) is 84.9 Å². The van der Waals surface area contributed by atoms with E-state index in [0.29, 0.717) is 40.9 Å². The van der Waals surface area contributed by atoms with Crippen molar-refractivity contribution in [1.29, 1.82) is 0 Å². The lowest BCUT2D eigenvalue weighted by Gasteiger charge is -2.22. The average Bonchev–Trinajstić information content (AvgIpc) is 2.98. The summed E-state index contributed by atoms with van der Waals surface area (Å²) in [5, 5.41) is 9.24. The monoisotopic (exact) mass is 584 g/mol. The number of benzene rings is 3. The van der Waals surface area contributed by atoms with Crippen molar-refractivity contribution < 1.29 is 14.3 Å². The summed E-state index contributed by atoms with van der Waals surface area (Å²) in [6, 6.07) is 20.9. The Bertz CT molecular complexity index is 1260. The molecule has 1 saturated carbocycles. The van der Waals surface area contributed by atoms with Gasteiger partial charge in [0.05, 0.1) is 5.02 Å². The van der Waals surface area contributed by atoms with Crippen LogP contribution in [0.1, 0.15) is 65.1 Å². The molecule has 0 radical (unpaired) electrons. The predicted octanol–water partition coefficient (Wildman–Crippen LogP) is 4.98. The van der Waals surface area contributed by atoms with Gasteiger partial charge in [0.15, 0.2) is 0 Å². The van der Waals surface area contributed by atoms with Crippen LogP contribution in [0.3, 0.4) is 0 Å². The molecule has 0 bridgehead atoms. The standard InChI is InChI=1S/C19H20Cl2O.C10H14N6O2/c20-17-7-4-8-18(19(17)21)22-13-14-9-11-16(12-10-14)15-5-2-1-3-6-15;11-10(15-16-12)14-9(18)8-3-1-7(2-4-8)5-13-6-17/h4,7-12,15H,1-3,5-6,13H2;1-4,6,16H,5,12H2,(H,13,17)(H3,11,14,15,18). The molecule has 1 aliphatic rings. The zero-order valence-electron chi connectivity index (χ0n) is 22.0. The molecule has 9 nitrogen and oxygen atoms in total. The van der Waals surface area contributed by atoms with Crippen molar-refractivity contribution in [2.45, 2.75) is 51.2 Å². The maximum absolute atomic E-state index is 11.6. The van der Waals surface area contributed by atoms with Crippen LogP contribution in [0.25, 0.3) is 0 Å².